The first-order valence-corrected chi connectivity index (χ1v) is 11.0. The van der Waals surface area contributed by atoms with Crippen LogP contribution in [0, 0.1) is 5.92 Å². The number of benzene rings is 3. The molecule has 0 heterocycles. The van der Waals surface area contributed by atoms with Gasteiger partial charge in [0.2, 0.25) is 5.91 Å². The Morgan fingerprint density at radius 2 is 1.66 bits per heavy atom. The minimum atomic E-state index is 0.0322. The molecule has 1 amide bonds. The molecule has 3 rings (SSSR count). The average Bonchev–Trinajstić information content (AvgIpc) is 2.78. The van der Waals surface area contributed by atoms with Gasteiger partial charge in [0.1, 0.15) is 0 Å². The summed E-state index contributed by atoms with van der Waals surface area (Å²) in [5.41, 5.74) is 4.05. The van der Waals surface area contributed by atoms with E-state index in [2.05, 4.69) is 22.8 Å². The highest BCUT2D eigenvalue weighted by Crippen LogP contribution is 2.29. The molecular weight excluding hydrogens is 400 g/mol. The first kappa shape index (κ1) is 23.2. The third-order valence-corrected chi connectivity index (χ3v) is 4.96. The highest BCUT2D eigenvalue weighted by atomic mass is 16.5. The topological polar surface area (TPSA) is 59.6 Å². The van der Waals surface area contributed by atoms with Crippen LogP contribution >= 0.6 is 0 Å². The van der Waals surface area contributed by atoms with Crippen LogP contribution in [0.3, 0.4) is 0 Å². The molecule has 0 aliphatic carbocycles. The highest BCUT2D eigenvalue weighted by molar-refractivity contribution is 5.91. The standard InChI is InChI=1S/C27H32N2O3/c1-20(2)16-27(30)29-24-11-7-10-23(18-24)28-19-22-12-13-25(26(17-22)31-3)32-15-14-21-8-5-4-6-9-21/h4-13,17-18,20,28H,14-16,19H2,1-3H3,(H,29,30). The lowest BCUT2D eigenvalue weighted by Gasteiger charge is -2.14. The van der Waals surface area contributed by atoms with Gasteiger partial charge in [0, 0.05) is 30.8 Å². The van der Waals surface area contributed by atoms with E-state index in [1.165, 1.54) is 5.56 Å². The van der Waals surface area contributed by atoms with E-state index in [1.807, 2.05) is 74.5 Å². The molecule has 0 bridgehead atoms. The summed E-state index contributed by atoms with van der Waals surface area (Å²) in [7, 11) is 1.65. The van der Waals surface area contributed by atoms with Gasteiger partial charge in [-0.2, -0.15) is 0 Å². The van der Waals surface area contributed by atoms with Crippen LogP contribution in [-0.4, -0.2) is 19.6 Å². The molecule has 0 aliphatic rings. The Morgan fingerprint density at radius 1 is 0.875 bits per heavy atom. The normalized spacial score (nSPS) is 10.6. The minimum absolute atomic E-state index is 0.0322. The lowest BCUT2D eigenvalue weighted by molar-refractivity contribution is -0.116. The maximum absolute atomic E-state index is 12.0. The molecule has 0 saturated carbocycles. The van der Waals surface area contributed by atoms with Gasteiger partial charge in [-0.1, -0.05) is 56.3 Å². The Balaban J connectivity index is 1.55. The summed E-state index contributed by atoms with van der Waals surface area (Å²) in [5, 5.41) is 6.36. The molecule has 0 aliphatic heterocycles. The van der Waals surface area contributed by atoms with Gasteiger partial charge < -0.3 is 20.1 Å². The predicted molar refractivity (Wildman–Crippen MR) is 130 cm³/mol. The Kier molecular flexibility index (Phi) is 8.55. The quantitative estimate of drug-likeness (QED) is 0.395. The molecule has 0 fully saturated rings. The van der Waals surface area contributed by atoms with Gasteiger partial charge in [-0.25, -0.2) is 0 Å². The Bertz CT molecular complexity index is 1000. The molecule has 32 heavy (non-hydrogen) atoms. The third kappa shape index (κ3) is 7.34. The molecule has 0 radical (unpaired) electrons. The van der Waals surface area contributed by atoms with Crippen LogP contribution in [0.4, 0.5) is 11.4 Å². The van der Waals surface area contributed by atoms with Gasteiger partial charge in [0.05, 0.1) is 13.7 Å². The number of amides is 1. The molecule has 2 N–H and O–H groups in total. The molecule has 0 aromatic heterocycles. The number of carbonyl (C=O) groups is 1. The van der Waals surface area contributed by atoms with E-state index in [9.17, 15) is 4.79 Å². The summed E-state index contributed by atoms with van der Waals surface area (Å²) in [6.45, 7) is 5.29. The van der Waals surface area contributed by atoms with Crippen molar-refractivity contribution in [2.45, 2.75) is 33.2 Å². The highest BCUT2D eigenvalue weighted by Gasteiger charge is 2.08. The van der Waals surface area contributed by atoms with E-state index < -0.39 is 0 Å². The van der Waals surface area contributed by atoms with Crippen LogP contribution in [0.25, 0.3) is 0 Å². The zero-order chi connectivity index (χ0) is 22.8. The van der Waals surface area contributed by atoms with Gasteiger partial charge in [-0.3, -0.25) is 4.79 Å². The molecule has 3 aromatic rings. The largest absolute Gasteiger partial charge is 0.493 e. The first-order chi connectivity index (χ1) is 15.5. The summed E-state index contributed by atoms with van der Waals surface area (Å²) in [4.78, 5) is 12.0. The molecule has 0 atom stereocenters. The summed E-state index contributed by atoms with van der Waals surface area (Å²) in [6.07, 6.45) is 1.36. The van der Waals surface area contributed by atoms with Crippen molar-refractivity contribution in [1.29, 1.82) is 0 Å². The Hall–Kier alpha value is -3.47. The number of nitrogens with one attached hydrogen (secondary N) is 2. The number of carbonyl (C=O) groups excluding carboxylic acids is 1. The fraction of sp³-hybridized carbons (Fsp3) is 0.296. The third-order valence-electron chi connectivity index (χ3n) is 4.96. The van der Waals surface area contributed by atoms with Crippen molar-refractivity contribution in [2.75, 3.05) is 24.4 Å². The van der Waals surface area contributed by atoms with Crippen LogP contribution in [0.1, 0.15) is 31.4 Å². The van der Waals surface area contributed by atoms with Crippen molar-refractivity contribution in [1.82, 2.24) is 0 Å². The summed E-state index contributed by atoms with van der Waals surface area (Å²) in [5.74, 6) is 1.82. The molecule has 0 spiro atoms. The van der Waals surface area contributed by atoms with Gasteiger partial charge in [-0.15, -0.1) is 0 Å². The molecule has 0 saturated heterocycles. The van der Waals surface area contributed by atoms with Crippen molar-refractivity contribution in [3.63, 3.8) is 0 Å². The molecule has 5 heteroatoms. The van der Waals surface area contributed by atoms with Gasteiger partial charge >= 0.3 is 0 Å². The number of methoxy groups -OCH3 is 1. The van der Waals surface area contributed by atoms with E-state index in [0.29, 0.717) is 31.2 Å². The second kappa shape index (κ2) is 11.8. The fourth-order valence-electron chi connectivity index (χ4n) is 3.36. The van der Waals surface area contributed by atoms with Crippen molar-refractivity contribution >= 4 is 17.3 Å². The lowest BCUT2D eigenvalue weighted by Crippen LogP contribution is -2.13. The van der Waals surface area contributed by atoms with E-state index >= 15 is 0 Å². The molecule has 3 aromatic carbocycles. The summed E-state index contributed by atoms with van der Waals surface area (Å²) in [6, 6.07) is 24.0. The monoisotopic (exact) mass is 432 g/mol. The number of anilines is 2. The van der Waals surface area contributed by atoms with E-state index in [0.717, 1.165) is 29.1 Å². The molecule has 168 valence electrons. The number of ether oxygens (including phenoxy) is 2. The molecule has 5 nitrogen and oxygen atoms in total. The smallest absolute Gasteiger partial charge is 0.224 e. The maximum atomic E-state index is 12.0. The SMILES string of the molecule is COc1cc(CNc2cccc(NC(=O)CC(C)C)c2)ccc1OCCc1ccccc1. The Morgan fingerprint density at radius 3 is 2.41 bits per heavy atom. The fourth-order valence-corrected chi connectivity index (χ4v) is 3.36. The zero-order valence-electron chi connectivity index (χ0n) is 19.1. The van der Waals surface area contributed by atoms with E-state index in [4.69, 9.17) is 9.47 Å². The number of rotatable bonds is 11. The van der Waals surface area contributed by atoms with Crippen molar-refractivity contribution in [3.8, 4) is 11.5 Å². The molecular formula is C27H32N2O3. The van der Waals surface area contributed by atoms with Crippen LogP contribution in [0.15, 0.2) is 72.8 Å². The van der Waals surface area contributed by atoms with Crippen LogP contribution < -0.4 is 20.1 Å². The zero-order valence-corrected chi connectivity index (χ0v) is 19.1. The van der Waals surface area contributed by atoms with Crippen molar-refractivity contribution < 1.29 is 14.3 Å². The van der Waals surface area contributed by atoms with Gasteiger partial charge in [0.25, 0.3) is 0 Å². The van der Waals surface area contributed by atoms with Crippen molar-refractivity contribution in [3.05, 3.63) is 83.9 Å². The second-order valence-electron chi connectivity index (χ2n) is 8.15. The van der Waals surface area contributed by atoms with Crippen LogP contribution in [-0.2, 0) is 17.8 Å². The summed E-state index contributed by atoms with van der Waals surface area (Å²) >= 11 is 0. The second-order valence-corrected chi connectivity index (χ2v) is 8.15. The minimum Gasteiger partial charge on any atom is -0.493 e. The van der Waals surface area contributed by atoms with Crippen LogP contribution in [0.2, 0.25) is 0 Å². The van der Waals surface area contributed by atoms with Crippen molar-refractivity contribution in [2.24, 2.45) is 5.92 Å². The number of hydrogen-bond acceptors (Lipinski definition) is 4. The molecule has 0 unspecified atom stereocenters. The van der Waals surface area contributed by atoms with Crippen LogP contribution in [0.5, 0.6) is 11.5 Å². The van der Waals surface area contributed by atoms with Gasteiger partial charge in [-0.05, 0) is 47.4 Å². The average molecular weight is 433 g/mol. The number of hydrogen-bond donors (Lipinski definition) is 2. The predicted octanol–water partition coefficient (Wildman–Crippen LogP) is 5.91. The van der Waals surface area contributed by atoms with Gasteiger partial charge in [0.15, 0.2) is 11.5 Å². The van der Waals surface area contributed by atoms with E-state index in [1.54, 1.807) is 7.11 Å². The van der Waals surface area contributed by atoms with E-state index in [-0.39, 0.29) is 5.91 Å². The summed E-state index contributed by atoms with van der Waals surface area (Å²) < 4.78 is 11.5. The Labute approximate surface area is 190 Å². The maximum Gasteiger partial charge on any atom is 0.224 e. The lowest BCUT2D eigenvalue weighted by atomic mass is 10.1. The first-order valence-electron chi connectivity index (χ1n) is 11.0.